The predicted molar refractivity (Wildman–Crippen MR) is 152 cm³/mol. The van der Waals surface area contributed by atoms with E-state index in [2.05, 4.69) is 5.32 Å². The van der Waals surface area contributed by atoms with Gasteiger partial charge in [-0.05, 0) is 55.3 Å². The molecule has 0 unspecified atom stereocenters. The molecule has 3 aromatic carbocycles. The van der Waals surface area contributed by atoms with Gasteiger partial charge in [-0.3, -0.25) is 13.9 Å². The van der Waals surface area contributed by atoms with Crippen LogP contribution in [0.4, 0.5) is 10.1 Å². The van der Waals surface area contributed by atoms with Crippen LogP contribution in [0.25, 0.3) is 0 Å². The second-order valence-corrected chi connectivity index (χ2v) is 11.5. The molecule has 0 saturated carbocycles. The summed E-state index contributed by atoms with van der Waals surface area (Å²) in [5.74, 6) is -1.78. The lowest BCUT2D eigenvalue weighted by Crippen LogP contribution is -2.51. The van der Waals surface area contributed by atoms with E-state index in [1.54, 1.807) is 49.4 Å². The van der Waals surface area contributed by atoms with Crippen LogP contribution in [0.3, 0.4) is 0 Å². The number of anilines is 1. The maximum absolute atomic E-state index is 13.9. The Morgan fingerprint density at radius 3 is 2.28 bits per heavy atom. The molecule has 0 aliphatic carbocycles. The highest BCUT2D eigenvalue weighted by Gasteiger charge is 2.33. The predicted octanol–water partition coefficient (Wildman–Crippen LogP) is 5.66. The highest BCUT2D eigenvalue weighted by Crippen LogP contribution is 2.28. The quantitative estimate of drug-likeness (QED) is 0.274. The molecule has 2 amide bonds. The first-order valence-corrected chi connectivity index (χ1v) is 14.6. The molecule has 0 radical (unpaired) electrons. The fraction of sp³-hybridized carbons (Fsp3) is 0.286. The second kappa shape index (κ2) is 13.8. The van der Waals surface area contributed by atoms with Gasteiger partial charge in [0.05, 0.1) is 15.6 Å². The van der Waals surface area contributed by atoms with Gasteiger partial charge in [0.25, 0.3) is 10.0 Å². The zero-order valence-electron chi connectivity index (χ0n) is 21.6. The maximum atomic E-state index is 13.9. The van der Waals surface area contributed by atoms with Crippen LogP contribution < -0.4 is 9.62 Å². The number of nitrogens with zero attached hydrogens (tertiary/aromatic N) is 2. The van der Waals surface area contributed by atoms with E-state index in [0.29, 0.717) is 17.1 Å². The normalized spacial score (nSPS) is 12.0. The minimum atomic E-state index is -4.28. The number of nitrogens with one attached hydrogen (secondary N) is 1. The molecule has 208 valence electrons. The summed E-state index contributed by atoms with van der Waals surface area (Å²) < 4.78 is 42.2. The molecule has 0 bridgehead atoms. The fourth-order valence-corrected chi connectivity index (χ4v) is 5.61. The monoisotopic (exact) mass is 593 g/mol. The summed E-state index contributed by atoms with van der Waals surface area (Å²) >= 11 is 12.3. The standard InChI is InChI=1S/C28H30Cl2FN3O4S/c1-3-4-16-32-28(36)20(2)33(18-21-10-8-9-13-24(21)29)27(35)19-34(22-14-15-26(31)25(30)17-22)39(37,38)23-11-6-5-7-12-23/h5-15,17,20H,3-4,16,18-19H2,1-2H3,(H,32,36)/t20-/m0/s1. The molecular weight excluding hydrogens is 564 g/mol. The van der Waals surface area contributed by atoms with Crippen LogP contribution in [0.1, 0.15) is 32.3 Å². The van der Waals surface area contributed by atoms with Crippen molar-refractivity contribution in [1.29, 1.82) is 0 Å². The highest BCUT2D eigenvalue weighted by molar-refractivity contribution is 7.92. The molecule has 1 atom stereocenters. The van der Waals surface area contributed by atoms with Crippen LogP contribution in [-0.4, -0.2) is 44.3 Å². The van der Waals surface area contributed by atoms with Crippen LogP contribution in [0.5, 0.6) is 0 Å². The van der Waals surface area contributed by atoms with Gasteiger partial charge in [-0.25, -0.2) is 12.8 Å². The fourth-order valence-electron chi connectivity index (χ4n) is 3.82. The van der Waals surface area contributed by atoms with Gasteiger partial charge in [-0.15, -0.1) is 0 Å². The lowest BCUT2D eigenvalue weighted by atomic mass is 10.1. The van der Waals surface area contributed by atoms with Crippen molar-refractivity contribution in [3.63, 3.8) is 0 Å². The maximum Gasteiger partial charge on any atom is 0.264 e. The number of sulfonamides is 1. The SMILES string of the molecule is CCCCNC(=O)[C@H](C)N(Cc1ccccc1Cl)C(=O)CN(c1ccc(F)c(Cl)c1)S(=O)(=O)c1ccccc1. The summed E-state index contributed by atoms with van der Waals surface area (Å²) in [6.07, 6.45) is 1.65. The topological polar surface area (TPSA) is 86.8 Å². The smallest absolute Gasteiger partial charge is 0.264 e. The largest absolute Gasteiger partial charge is 0.354 e. The Morgan fingerprint density at radius 2 is 1.64 bits per heavy atom. The number of unbranched alkanes of at least 4 members (excludes halogenated alkanes) is 1. The first-order valence-electron chi connectivity index (χ1n) is 12.4. The van der Waals surface area contributed by atoms with Gasteiger partial charge < -0.3 is 10.2 Å². The summed E-state index contributed by atoms with van der Waals surface area (Å²) in [4.78, 5) is 28.0. The van der Waals surface area contributed by atoms with Gasteiger partial charge in [0.15, 0.2) is 0 Å². The van der Waals surface area contributed by atoms with Gasteiger partial charge in [-0.2, -0.15) is 0 Å². The number of hydrogen-bond acceptors (Lipinski definition) is 4. The van der Waals surface area contributed by atoms with Crippen LogP contribution in [-0.2, 0) is 26.2 Å². The molecule has 0 saturated heterocycles. The van der Waals surface area contributed by atoms with E-state index in [9.17, 15) is 22.4 Å². The zero-order valence-corrected chi connectivity index (χ0v) is 23.9. The van der Waals surface area contributed by atoms with E-state index >= 15 is 0 Å². The van der Waals surface area contributed by atoms with E-state index in [4.69, 9.17) is 23.2 Å². The van der Waals surface area contributed by atoms with Crippen molar-refractivity contribution in [3.05, 3.63) is 94.2 Å². The molecule has 0 spiro atoms. The third-order valence-electron chi connectivity index (χ3n) is 6.10. The van der Waals surface area contributed by atoms with E-state index in [1.165, 1.54) is 23.1 Å². The molecule has 1 N–H and O–H groups in total. The summed E-state index contributed by atoms with van der Waals surface area (Å²) in [6.45, 7) is 3.30. The van der Waals surface area contributed by atoms with E-state index in [1.807, 2.05) is 6.92 Å². The number of carbonyl (C=O) groups excluding carboxylic acids is 2. The van der Waals surface area contributed by atoms with Crippen LogP contribution in [0, 0.1) is 5.82 Å². The molecular formula is C28H30Cl2FN3O4S. The van der Waals surface area contributed by atoms with Crippen LogP contribution >= 0.6 is 23.2 Å². The number of benzene rings is 3. The Labute approximate surface area is 238 Å². The lowest BCUT2D eigenvalue weighted by molar-refractivity contribution is -0.139. The van der Waals surface area contributed by atoms with Gasteiger partial charge >= 0.3 is 0 Å². The third-order valence-corrected chi connectivity index (χ3v) is 8.54. The first kappa shape index (κ1) is 30.4. The van der Waals surface area contributed by atoms with Crippen molar-refractivity contribution in [2.24, 2.45) is 0 Å². The highest BCUT2D eigenvalue weighted by atomic mass is 35.5. The van der Waals surface area contributed by atoms with Crippen molar-refractivity contribution in [1.82, 2.24) is 10.2 Å². The molecule has 3 aromatic rings. The molecule has 39 heavy (non-hydrogen) atoms. The molecule has 3 rings (SSSR count). The Bertz CT molecular complexity index is 1410. The van der Waals surface area contributed by atoms with Crippen molar-refractivity contribution >= 4 is 50.7 Å². The summed E-state index contributed by atoms with van der Waals surface area (Å²) in [5, 5.41) is 2.91. The van der Waals surface area contributed by atoms with E-state index in [0.717, 1.165) is 29.3 Å². The van der Waals surface area contributed by atoms with E-state index in [-0.39, 0.29) is 28.1 Å². The Balaban J connectivity index is 2.02. The Morgan fingerprint density at radius 1 is 0.974 bits per heavy atom. The molecule has 11 heteroatoms. The number of halogens is 3. The first-order chi connectivity index (χ1) is 18.6. The third kappa shape index (κ3) is 7.71. The number of rotatable bonds is 12. The van der Waals surface area contributed by atoms with Crippen molar-refractivity contribution in [2.75, 3.05) is 17.4 Å². The summed E-state index contributed by atoms with van der Waals surface area (Å²) in [5.41, 5.74) is 0.583. The second-order valence-electron chi connectivity index (χ2n) is 8.86. The minimum Gasteiger partial charge on any atom is -0.354 e. The van der Waals surface area contributed by atoms with Crippen molar-refractivity contribution in [2.45, 2.75) is 44.2 Å². The van der Waals surface area contributed by atoms with Gasteiger partial charge in [0.2, 0.25) is 11.8 Å². The summed E-state index contributed by atoms with van der Waals surface area (Å²) in [6, 6.07) is 16.9. The zero-order chi connectivity index (χ0) is 28.6. The van der Waals surface area contributed by atoms with Gasteiger partial charge in [0.1, 0.15) is 18.4 Å². The average molecular weight is 595 g/mol. The Hall–Kier alpha value is -3.14. The average Bonchev–Trinajstić information content (AvgIpc) is 2.92. The van der Waals surface area contributed by atoms with Crippen molar-refractivity contribution in [3.8, 4) is 0 Å². The van der Waals surface area contributed by atoms with Crippen molar-refractivity contribution < 1.29 is 22.4 Å². The Kier molecular flexibility index (Phi) is 10.7. The minimum absolute atomic E-state index is 0.00338. The van der Waals surface area contributed by atoms with E-state index < -0.39 is 34.3 Å². The number of hydrogen-bond donors (Lipinski definition) is 1. The lowest BCUT2D eigenvalue weighted by Gasteiger charge is -2.32. The molecule has 0 heterocycles. The molecule has 7 nitrogen and oxygen atoms in total. The van der Waals surface area contributed by atoms with Crippen LogP contribution in [0.2, 0.25) is 10.0 Å². The molecule has 0 aliphatic rings. The number of carbonyl (C=O) groups is 2. The van der Waals surface area contributed by atoms with Gasteiger partial charge in [0, 0.05) is 18.1 Å². The number of amides is 2. The summed E-state index contributed by atoms with van der Waals surface area (Å²) in [7, 11) is -4.28. The van der Waals surface area contributed by atoms with Gasteiger partial charge in [-0.1, -0.05) is 72.9 Å². The molecule has 0 aromatic heterocycles. The van der Waals surface area contributed by atoms with Crippen LogP contribution in [0.15, 0.2) is 77.7 Å². The molecule has 0 aliphatic heterocycles. The molecule has 0 fully saturated rings.